The van der Waals surface area contributed by atoms with Gasteiger partial charge in [0.15, 0.2) is 0 Å². The van der Waals surface area contributed by atoms with Crippen molar-refractivity contribution in [2.75, 3.05) is 13.1 Å². The monoisotopic (exact) mass is 267 g/mol. The fraction of sp³-hybridized carbons (Fsp3) is 0.900. The summed E-state index contributed by atoms with van der Waals surface area (Å²) in [6, 6.07) is 0. The summed E-state index contributed by atoms with van der Waals surface area (Å²) in [6.07, 6.45) is 4.22. The molecule has 0 aromatic carbocycles. The second-order valence-electron chi connectivity index (χ2n) is 4.14. The zero-order chi connectivity index (χ0) is 10.2. The molecule has 0 unspecified atom stereocenters. The van der Waals surface area contributed by atoms with E-state index < -0.39 is 0 Å². The van der Waals surface area contributed by atoms with Gasteiger partial charge in [0.05, 0.1) is 0 Å². The molecule has 0 aromatic rings. The quantitative estimate of drug-likeness (QED) is 0.741. The van der Waals surface area contributed by atoms with Crippen molar-refractivity contribution < 1.29 is 9.53 Å². The number of piperidine rings is 1. The molecule has 0 spiro atoms. The number of ether oxygens (including phenoxy) is 1. The predicted molar refractivity (Wildman–Crippen MR) is 63.9 cm³/mol. The number of hydrogen-bond acceptors (Lipinski definition) is 3. The average Bonchev–Trinajstić information content (AvgIpc) is 2.06. The maximum atomic E-state index is 9.60. The van der Waals surface area contributed by atoms with E-state index in [1.165, 1.54) is 32.4 Å². The summed E-state index contributed by atoms with van der Waals surface area (Å²) in [5.74, 6) is 0. The highest BCUT2D eigenvalue weighted by Gasteiger charge is 2.07. The van der Waals surface area contributed by atoms with Crippen LogP contribution in [0.2, 0.25) is 0 Å². The van der Waals surface area contributed by atoms with Crippen LogP contribution >= 0.6 is 17.0 Å². The van der Waals surface area contributed by atoms with Crippen LogP contribution in [0.3, 0.4) is 0 Å². The Morgan fingerprint density at radius 3 is 1.71 bits per heavy atom. The summed E-state index contributed by atoms with van der Waals surface area (Å²) in [5, 5.41) is 3.28. The summed E-state index contributed by atoms with van der Waals surface area (Å²) in [6.45, 7) is 8.42. The van der Waals surface area contributed by atoms with Gasteiger partial charge in [-0.25, -0.2) is 0 Å². The SMILES string of the molecule is Br.C1CCNCC1.CC(C)(C)OC=O. The van der Waals surface area contributed by atoms with Crippen molar-refractivity contribution >= 4 is 23.5 Å². The predicted octanol–water partition coefficient (Wildman–Crippen LogP) is 2.30. The highest BCUT2D eigenvalue weighted by atomic mass is 79.9. The van der Waals surface area contributed by atoms with Gasteiger partial charge in [-0.2, -0.15) is 0 Å². The Morgan fingerprint density at radius 2 is 1.64 bits per heavy atom. The van der Waals surface area contributed by atoms with Crippen molar-refractivity contribution in [3.63, 3.8) is 0 Å². The maximum absolute atomic E-state index is 9.60. The highest BCUT2D eigenvalue weighted by Crippen LogP contribution is 2.02. The lowest BCUT2D eigenvalue weighted by molar-refractivity contribution is -0.138. The molecule has 86 valence electrons. The summed E-state index contributed by atoms with van der Waals surface area (Å²) in [5.41, 5.74) is -0.318. The van der Waals surface area contributed by atoms with E-state index in [-0.39, 0.29) is 22.6 Å². The lowest BCUT2D eigenvalue weighted by Gasteiger charge is -2.14. The minimum Gasteiger partial charge on any atom is -0.462 e. The first-order chi connectivity index (χ1) is 6.06. The molecule has 1 aliphatic rings. The van der Waals surface area contributed by atoms with Gasteiger partial charge < -0.3 is 10.1 Å². The van der Waals surface area contributed by atoms with E-state index in [4.69, 9.17) is 0 Å². The van der Waals surface area contributed by atoms with E-state index in [9.17, 15) is 4.79 Å². The lowest BCUT2D eigenvalue weighted by Crippen LogP contribution is -2.21. The van der Waals surface area contributed by atoms with Crippen LogP contribution in [0.4, 0.5) is 0 Å². The first-order valence-electron chi connectivity index (χ1n) is 4.88. The molecule has 14 heavy (non-hydrogen) atoms. The molecule has 1 heterocycles. The van der Waals surface area contributed by atoms with E-state index in [0.717, 1.165) is 0 Å². The third-order valence-electron chi connectivity index (χ3n) is 1.61. The van der Waals surface area contributed by atoms with E-state index in [1.807, 2.05) is 20.8 Å². The molecular weight excluding hydrogens is 246 g/mol. The minimum atomic E-state index is -0.318. The zero-order valence-electron chi connectivity index (χ0n) is 9.34. The Labute approximate surface area is 97.4 Å². The molecular formula is C10H22BrNO2. The van der Waals surface area contributed by atoms with E-state index in [0.29, 0.717) is 6.47 Å². The van der Waals surface area contributed by atoms with Gasteiger partial charge in [-0.15, -0.1) is 17.0 Å². The largest absolute Gasteiger partial charge is 0.462 e. The van der Waals surface area contributed by atoms with Crippen LogP contribution in [0, 0.1) is 0 Å². The first-order valence-corrected chi connectivity index (χ1v) is 4.88. The lowest BCUT2D eigenvalue weighted by atomic mass is 10.2. The summed E-state index contributed by atoms with van der Waals surface area (Å²) >= 11 is 0. The van der Waals surface area contributed by atoms with Crippen molar-refractivity contribution in [3.05, 3.63) is 0 Å². The Kier molecular flexibility index (Phi) is 11.0. The molecule has 4 heteroatoms. The molecule has 0 atom stereocenters. The third kappa shape index (κ3) is 14.4. The molecule has 1 N–H and O–H groups in total. The Balaban J connectivity index is 0. The van der Waals surface area contributed by atoms with Gasteiger partial charge >= 0.3 is 0 Å². The second kappa shape index (κ2) is 9.46. The molecule has 1 fully saturated rings. The van der Waals surface area contributed by atoms with Crippen molar-refractivity contribution in [2.24, 2.45) is 0 Å². The molecule has 0 amide bonds. The zero-order valence-corrected chi connectivity index (χ0v) is 11.1. The van der Waals surface area contributed by atoms with E-state index in [2.05, 4.69) is 10.1 Å². The van der Waals surface area contributed by atoms with E-state index >= 15 is 0 Å². The number of nitrogens with one attached hydrogen (secondary N) is 1. The Morgan fingerprint density at radius 1 is 1.14 bits per heavy atom. The van der Waals surface area contributed by atoms with Crippen LogP contribution in [-0.4, -0.2) is 25.2 Å². The van der Waals surface area contributed by atoms with Crippen molar-refractivity contribution in [2.45, 2.75) is 45.6 Å². The van der Waals surface area contributed by atoms with Gasteiger partial charge in [0, 0.05) is 0 Å². The maximum Gasteiger partial charge on any atom is 0.293 e. The summed E-state index contributed by atoms with van der Waals surface area (Å²) in [7, 11) is 0. The molecule has 1 saturated heterocycles. The number of rotatable bonds is 1. The molecule has 1 aliphatic heterocycles. The van der Waals surface area contributed by atoms with Gasteiger partial charge in [0.1, 0.15) is 5.60 Å². The van der Waals surface area contributed by atoms with Crippen LogP contribution < -0.4 is 5.32 Å². The Bertz CT molecular complexity index is 119. The van der Waals surface area contributed by atoms with Crippen molar-refractivity contribution in [3.8, 4) is 0 Å². The van der Waals surface area contributed by atoms with E-state index in [1.54, 1.807) is 0 Å². The topological polar surface area (TPSA) is 38.3 Å². The van der Waals surface area contributed by atoms with Gasteiger partial charge in [-0.05, 0) is 46.7 Å². The molecule has 0 aliphatic carbocycles. The minimum absolute atomic E-state index is 0. The molecule has 3 nitrogen and oxygen atoms in total. The molecule has 0 radical (unpaired) electrons. The van der Waals surface area contributed by atoms with Gasteiger partial charge in [-0.3, -0.25) is 4.79 Å². The Hall–Kier alpha value is -0.0900. The number of carbonyl (C=O) groups excluding carboxylic acids is 1. The summed E-state index contributed by atoms with van der Waals surface area (Å²) < 4.78 is 4.55. The molecule has 0 aromatic heterocycles. The second-order valence-corrected chi connectivity index (χ2v) is 4.14. The van der Waals surface area contributed by atoms with Gasteiger partial charge in [0.25, 0.3) is 6.47 Å². The number of hydrogen-bond donors (Lipinski definition) is 1. The molecule has 1 rings (SSSR count). The summed E-state index contributed by atoms with van der Waals surface area (Å²) in [4.78, 5) is 9.60. The number of halogens is 1. The highest BCUT2D eigenvalue weighted by molar-refractivity contribution is 8.93. The smallest absolute Gasteiger partial charge is 0.293 e. The first kappa shape index (κ1) is 16.3. The van der Waals surface area contributed by atoms with Crippen LogP contribution in [0.15, 0.2) is 0 Å². The van der Waals surface area contributed by atoms with Crippen LogP contribution in [0.5, 0.6) is 0 Å². The normalized spacial score (nSPS) is 15.6. The fourth-order valence-corrected chi connectivity index (χ4v) is 0.946. The van der Waals surface area contributed by atoms with Crippen molar-refractivity contribution in [1.29, 1.82) is 0 Å². The third-order valence-corrected chi connectivity index (χ3v) is 1.61. The number of carbonyl (C=O) groups is 1. The van der Waals surface area contributed by atoms with Crippen molar-refractivity contribution in [1.82, 2.24) is 5.32 Å². The standard InChI is InChI=1S/C5H11N.C5H10O2.BrH/c1-2-4-6-5-3-1;1-5(2,3)7-4-6;/h6H,1-5H2;4H,1-3H3;1H. The van der Waals surface area contributed by atoms with Crippen LogP contribution in [-0.2, 0) is 9.53 Å². The average molecular weight is 268 g/mol. The molecule has 0 saturated carbocycles. The van der Waals surface area contributed by atoms with Gasteiger partial charge in [0.2, 0.25) is 0 Å². The van der Waals surface area contributed by atoms with Crippen LogP contribution in [0.25, 0.3) is 0 Å². The molecule has 0 bridgehead atoms. The van der Waals surface area contributed by atoms with Gasteiger partial charge in [-0.1, -0.05) is 6.42 Å². The van der Waals surface area contributed by atoms with Crippen LogP contribution in [0.1, 0.15) is 40.0 Å². The fourth-order valence-electron chi connectivity index (χ4n) is 0.946.